The fraction of sp³-hybridized carbons (Fsp3) is 0.727. The zero-order valence-electron chi connectivity index (χ0n) is 10.8. The molecule has 0 aromatic heterocycles. The van der Waals surface area contributed by atoms with Gasteiger partial charge in [0.05, 0.1) is 13.2 Å². The molecule has 0 heterocycles. The molecule has 0 saturated heterocycles. The molecule has 0 aliphatic carbocycles. The van der Waals surface area contributed by atoms with Gasteiger partial charge in [0.1, 0.15) is 0 Å². The van der Waals surface area contributed by atoms with E-state index in [2.05, 4.69) is 9.47 Å². The molecule has 0 amide bonds. The Balaban J connectivity index is -0.000000242. The van der Waals surface area contributed by atoms with Crippen LogP contribution in [0.2, 0.25) is 0 Å². The Bertz CT molecular complexity index is 158. The summed E-state index contributed by atoms with van der Waals surface area (Å²) >= 11 is 0. The van der Waals surface area contributed by atoms with Gasteiger partial charge in [-0.25, -0.2) is 0 Å². The Labute approximate surface area is 111 Å². The van der Waals surface area contributed by atoms with E-state index in [9.17, 15) is 9.59 Å². The lowest BCUT2D eigenvalue weighted by Gasteiger charge is -1.97. The van der Waals surface area contributed by atoms with Crippen LogP contribution in [0.1, 0.15) is 25.7 Å². The molecule has 0 fully saturated rings. The first kappa shape index (κ1) is 22.5. The number of rotatable bonds is 10. The molecule has 3 N–H and O–H groups in total. The number of hydrogen-bond donors (Lipinski definition) is 3. The molecule has 8 heteroatoms. The van der Waals surface area contributed by atoms with E-state index in [0.29, 0.717) is 26.2 Å². The van der Waals surface area contributed by atoms with Gasteiger partial charge in [0.2, 0.25) is 0 Å². The zero-order valence-corrected chi connectivity index (χ0v) is 10.8. The first-order valence-corrected chi connectivity index (χ1v) is 5.65. The van der Waals surface area contributed by atoms with Crippen LogP contribution in [0.4, 0.5) is 0 Å². The molecular weight excluding hydrogens is 260 g/mol. The fourth-order valence-corrected chi connectivity index (χ4v) is 0.691. The molecule has 0 aromatic rings. The Morgan fingerprint density at radius 3 is 1.26 bits per heavy atom. The van der Waals surface area contributed by atoms with Crippen molar-refractivity contribution in [1.82, 2.24) is 0 Å². The van der Waals surface area contributed by atoms with Crippen molar-refractivity contribution in [1.29, 1.82) is 0 Å². The highest BCUT2D eigenvalue weighted by Gasteiger charge is 1.87. The van der Waals surface area contributed by atoms with Crippen molar-refractivity contribution in [2.75, 3.05) is 26.4 Å². The highest BCUT2D eigenvalue weighted by molar-refractivity contribution is 5.37. The van der Waals surface area contributed by atoms with E-state index >= 15 is 0 Å². The number of aliphatic hydroxyl groups is 2. The smallest absolute Gasteiger partial charge is 0.293 e. The van der Waals surface area contributed by atoms with Crippen LogP contribution < -0.4 is 0 Å². The van der Waals surface area contributed by atoms with E-state index in [1.54, 1.807) is 0 Å². The first-order chi connectivity index (χ1) is 9.24. The number of unbranched alkanes of at least 4 members (excludes halogenated alkanes) is 2. The summed E-state index contributed by atoms with van der Waals surface area (Å²) in [6.45, 7) is 1.74. The van der Waals surface area contributed by atoms with Crippen molar-refractivity contribution < 1.29 is 39.2 Å². The second-order valence-electron chi connectivity index (χ2n) is 2.90. The van der Waals surface area contributed by atoms with Crippen LogP contribution in [0.15, 0.2) is 0 Å². The van der Waals surface area contributed by atoms with Gasteiger partial charge in [0.25, 0.3) is 19.4 Å². The minimum absolute atomic E-state index is 0.195. The molecule has 19 heavy (non-hydrogen) atoms. The fourth-order valence-electron chi connectivity index (χ4n) is 0.691. The van der Waals surface area contributed by atoms with E-state index in [-0.39, 0.29) is 19.7 Å². The third kappa shape index (κ3) is 48.3. The molecule has 0 radical (unpaired) electrons. The SMILES string of the molecule is O=CO.O=COCCCCOC=O.OCCCCO. The quantitative estimate of drug-likeness (QED) is 0.363. The highest BCUT2D eigenvalue weighted by atomic mass is 16.5. The first-order valence-electron chi connectivity index (χ1n) is 5.65. The predicted molar refractivity (Wildman–Crippen MR) is 65.4 cm³/mol. The summed E-state index contributed by atoms with van der Waals surface area (Å²) in [7, 11) is 0. The Hall–Kier alpha value is -1.67. The molecule has 114 valence electrons. The third-order valence-corrected chi connectivity index (χ3v) is 1.48. The molecule has 0 aliphatic rings. The van der Waals surface area contributed by atoms with Gasteiger partial charge < -0.3 is 24.8 Å². The van der Waals surface area contributed by atoms with Gasteiger partial charge in [-0.2, -0.15) is 0 Å². The molecule has 8 nitrogen and oxygen atoms in total. The lowest BCUT2D eigenvalue weighted by Crippen LogP contribution is -1.96. The van der Waals surface area contributed by atoms with Gasteiger partial charge in [-0.15, -0.1) is 0 Å². The summed E-state index contributed by atoms with van der Waals surface area (Å²) in [5, 5.41) is 23.1. The lowest BCUT2D eigenvalue weighted by molar-refractivity contribution is -0.131. The molecule has 0 aromatic carbocycles. The molecule has 0 aliphatic heterocycles. The maximum Gasteiger partial charge on any atom is 0.293 e. The highest BCUT2D eigenvalue weighted by Crippen LogP contribution is 1.88. The van der Waals surface area contributed by atoms with Crippen LogP contribution in [0.3, 0.4) is 0 Å². The second kappa shape index (κ2) is 29.9. The molecule has 0 bridgehead atoms. The molecule has 0 rings (SSSR count). The van der Waals surface area contributed by atoms with E-state index in [1.165, 1.54) is 0 Å². The topological polar surface area (TPSA) is 130 Å². The summed E-state index contributed by atoms with van der Waals surface area (Å²) in [6, 6.07) is 0. The van der Waals surface area contributed by atoms with Crippen molar-refractivity contribution in [2.24, 2.45) is 0 Å². The van der Waals surface area contributed by atoms with Crippen molar-refractivity contribution in [3.05, 3.63) is 0 Å². The van der Waals surface area contributed by atoms with E-state index in [4.69, 9.17) is 20.1 Å². The predicted octanol–water partition coefficient (Wildman–Crippen LogP) is -0.435. The lowest BCUT2D eigenvalue weighted by atomic mass is 10.3. The van der Waals surface area contributed by atoms with Gasteiger partial charge in [-0.05, 0) is 25.7 Å². The van der Waals surface area contributed by atoms with E-state index in [1.807, 2.05) is 0 Å². The number of ether oxygens (including phenoxy) is 2. The Kier molecular flexibility index (Phi) is 35.4. The average Bonchev–Trinajstić information content (AvgIpc) is 2.42. The van der Waals surface area contributed by atoms with E-state index < -0.39 is 0 Å². The van der Waals surface area contributed by atoms with Crippen LogP contribution in [0.5, 0.6) is 0 Å². The molecule has 0 atom stereocenters. The van der Waals surface area contributed by atoms with Crippen molar-refractivity contribution in [2.45, 2.75) is 25.7 Å². The van der Waals surface area contributed by atoms with Crippen LogP contribution in [0.25, 0.3) is 0 Å². The minimum atomic E-state index is -0.250. The van der Waals surface area contributed by atoms with Crippen LogP contribution in [-0.4, -0.2) is 61.2 Å². The van der Waals surface area contributed by atoms with Gasteiger partial charge in [-0.3, -0.25) is 14.4 Å². The van der Waals surface area contributed by atoms with Crippen molar-refractivity contribution in [3.8, 4) is 0 Å². The number of hydrogen-bond acceptors (Lipinski definition) is 7. The molecule has 0 spiro atoms. The summed E-state index contributed by atoms with van der Waals surface area (Å²) in [6.07, 6.45) is 2.90. The van der Waals surface area contributed by atoms with Gasteiger partial charge >= 0.3 is 0 Å². The molecule has 0 saturated carbocycles. The minimum Gasteiger partial charge on any atom is -0.483 e. The van der Waals surface area contributed by atoms with Crippen LogP contribution in [-0.2, 0) is 23.9 Å². The number of carboxylic acid groups (broad SMARTS) is 1. The average molecular weight is 282 g/mol. The Morgan fingerprint density at radius 2 is 1.05 bits per heavy atom. The van der Waals surface area contributed by atoms with Crippen LogP contribution in [0, 0.1) is 0 Å². The third-order valence-electron chi connectivity index (χ3n) is 1.48. The number of aliphatic hydroxyl groups excluding tert-OH is 2. The van der Waals surface area contributed by atoms with Gasteiger partial charge in [0.15, 0.2) is 0 Å². The maximum absolute atomic E-state index is 9.58. The summed E-state index contributed by atoms with van der Waals surface area (Å²) in [4.78, 5) is 27.5. The van der Waals surface area contributed by atoms with Crippen molar-refractivity contribution >= 4 is 19.4 Å². The zero-order chi connectivity index (χ0) is 15.2. The maximum atomic E-state index is 9.58. The summed E-state index contributed by atoms with van der Waals surface area (Å²) < 4.78 is 8.78. The monoisotopic (exact) mass is 282 g/mol. The molecular formula is C11H22O8. The molecule has 0 unspecified atom stereocenters. The standard InChI is InChI=1S/C6H10O4.C4H10O2.CH2O2/c7-5-9-3-1-2-4-10-6-8;5-3-1-2-4-6;2-1-3/h5-6H,1-4H2;5-6H,1-4H2;1H,(H,2,3). The summed E-state index contributed by atoms with van der Waals surface area (Å²) in [5.74, 6) is 0. The van der Waals surface area contributed by atoms with Gasteiger partial charge in [-0.1, -0.05) is 0 Å². The normalized spacial score (nSPS) is 7.89. The largest absolute Gasteiger partial charge is 0.483 e. The number of carbonyl (C=O) groups is 3. The second-order valence-corrected chi connectivity index (χ2v) is 2.90. The summed E-state index contributed by atoms with van der Waals surface area (Å²) in [5.41, 5.74) is 0. The van der Waals surface area contributed by atoms with Crippen LogP contribution >= 0.6 is 0 Å². The van der Waals surface area contributed by atoms with E-state index in [0.717, 1.165) is 25.7 Å². The van der Waals surface area contributed by atoms with Gasteiger partial charge in [0, 0.05) is 13.2 Å². The van der Waals surface area contributed by atoms with Crippen molar-refractivity contribution in [3.63, 3.8) is 0 Å². The number of carbonyl (C=O) groups excluding carboxylic acids is 2. The Morgan fingerprint density at radius 1 is 0.737 bits per heavy atom.